The number of rotatable bonds is 3. The molecule has 0 aromatic carbocycles. The lowest BCUT2D eigenvalue weighted by atomic mass is 9.75. The Morgan fingerprint density at radius 3 is 2.72 bits per heavy atom. The van der Waals surface area contributed by atoms with Crippen molar-refractivity contribution in [1.29, 1.82) is 0 Å². The Bertz CT molecular complexity index is 403. The van der Waals surface area contributed by atoms with Crippen molar-refractivity contribution in [3.8, 4) is 0 Å². The third-order valence-electron chi connectivity index (χ3n) is 3.95. The fourth-order valence-corrected chi connectivity index (χ4v) is 2.99. The largest absolute Gasteiger partial charge is 0.390 e. The van der Waals surface area contributed by atoms with Gasteiger partial charge in [0, 0.05) is 23.3 Å². The highest BCUT2D eigenvalue weighted by Crippen LogP contribution is 2.35. The van der Waals surface area contributed by atoms with Gasteiger partial charge >= 0.3 is 0 Å². The van der Waals surface area contributed by atoms with Crippen LogP contribution in [0.1, 0.15) is 38.2 Å². The van der Waals surface area contributed by atoms with Crippen molar-refractivity contribution in [2.24, 2.45) is 5.92 Å². The Morgan fingerprint density at radius 2 is 2.11 bits per heavy atom. The van der Waals surface area contributed by atoms with Crippen molar-refractivity contribution in [2.75, 3.05) is 0 Å². The third kappa shape index (κ3) is 3.31. The molecule has 100 valence electrons. The number of aromatic nitrogens is 1. The molecule has 0 saturated heterocycles. The molecular weight excluding hydrogens is 294 g/mol. The Labute approximate surface area is 116 Å². The lowest BCUT2D eigenvalue weighted by molar-refractivity contribution is -0.102. The number of pyridine rings is 1. The Balaban J connectivity index is 2.01. The maximum Gasteiger partial charge on any atom is 0.0909 e. The SMILES string of the molecule is CC1CCC(O)(C(O)Cc2cncc(Br)c2)CC1. The minimum absolute atomic E-state index is 0.456. The molecule has 0 amide bonds. The molecule has 1 aliphatic carbocycles. The van der Waals surface area contributed by atoms with Gasteiger partial charge in [-0.15, -0.1) is 0 Å². The Morgan fingerprint density at radius 1 is 1.44 bits per heavy atom. The van der Waals surface area contributed by atoms with Crippen LogP contribution in [-0.4, -0.2) is 26.9 Å². The van der Waals surface area contributed by atoms with E-state index in [0.717, 1.165) is 22.9 Å². The van der Waals surface area contributed by atoms with Crippen LogP contribution in [0.5, 0.6) is 0 Å². The van der Waals surface area contributed by atoms with Crippen LogP contribution < -0.4 is 0 Å². The van der Waals surface area contributed by atoms with Crippen LogP contribution in [0.2, 0.25) is 0 Å². The predicted molar refractivity (Wildman–Crippen MR) is 74.2 cm³/mol. The van der Waals surface area contributed by atoms with Gasteiger partial charge in [0.15, 0.2) is 0 Å². The van der Waals surface area contributed by atoms with Gasteiger partial charge in [0.2, 0.25) is 0 Å². The summed E-state index contributed by atoms with van der Waals surface area (Å²) >= 11 is 3.36. The van der Waals surface area contributed by atoms with Gasteiger partial charge in [-0.25, -0.2) is 0 Å². The zero-order chi connectivity index (χ0) is 13.2. The van der Waals surface area contributed by atoms with E-state index in [1.807, 2.05) is 6.07 Å². The molecule has 1 atom stereocenters. The smallest absolute Gasteiger partial charge is 0.0909 e. The van der Waals surface area contributed by atoms with Gasteiger partial charge in [0.25, 0.3) is 0 Å². The molecule has 1 saturated carbocycles. The van der Waals surface area contributed by atoms with Crippen molar-refractivity contribution >= 4 is 15.9 Å². The summed E-state index contributed by atoms with van der Waals surface area (Å²) in [5.74, 6) is 0.657. The highest BCUT2D eigenvalue weighted by Gasteiger charge is 2.38. The number of hydrogen-bond donors (Lipinski definition) is 2. The zero-order valence-electron chi connectivity index (χ0n) is 10.6. The van der Waals surface area contributed by atoms with Crippen molar-refractivity contribution in [2.45, 2.75) is 50.7 Å². The molecule has 1 fully saturated rings. The number of halogens is 1. The molecule has 0 radical (unpaired) electrons. The van der Waals surface area contributed by atoms with E-state index in [-0.39, 0.29) is 0 Å². The topological polar surface area (TPSA) is 53.4 Å². The summed E-state index contributed by atoms with van der Waals surface area (Å²) in [5, 5.41) is 20.8. The number of aliphatic hydroxyl groups excluding tert-OH is 1. The Hall–Kier alpha value is -0.450. The molecule has 2 rings (SSSR count). The lowest BCUT2D eigenvalue weighted by Gasteiger charge is -2.38. The van der Waals surface area contributed by atoms with Crippen LogP contribution in [0.25, 0.3) is 0 Å². The highest BCUT2D eigenvalue weighted by atomic mass is 79.9. The summed E-state index contributed by atoms with van der Waals surface area (Å²) in [5.41, 5.74) is 0.0263. The summed E-state index contributed by atoms with van der Waals surface area (Å²) < 4.78 is 0.899. The van der Waals surface area contributed by atoms with Gasteiger partial charge in [0.05, 0.1) is 11.7 Å². The van der Waals surface area contributed by atoms with E-state index < -0.39 is 11.7 Å². The highest BCUT2D eigenvalue weighted by molar-refractivity contribution is 9.10. The van der Waals surface area contributed by atoms with Gasteiger partial charge in [-0.3, -0.25) is 4.98 Å². The molecule has 18 heavy (non-hydrogen) atoms. The van der Waals surface area contributed by atoms with Gasteiger partial charge < -0.3 is 10.2 Å². The summed E-state index contributed by atoms with van der Waals surface area (Å²) in [4.78, 5) is 4.08. The van der Waals surface area contributed by atoms with Gasteiger partial charge in [0.1, 0.15) is 0 Å². The van der Waals surface area contributed by atoms with E-state index in [0.29, 0.717) is 25.2 Å². The van der Waals surface area contributed by atoms with E-state index in [9.17, 15) is 10.2 Å². The fourth-order valence-electron chi connectivity index (χ4n) is 2.58. The zero-order valence-corrected chi connectivity index (χ0v) is 12.2. The minimum atomic E-state index is -0.922. The van der Waals surface area contributed by atoms with Crippen molar-refractivity contribution in [1.82, 2.24) is 4.98 Å². The van der Waals surface area contributed by atoms with Crippen molar-refractivity contribution in [3.63, 3.8) is 0 Å². The summed E-state index contributed by atoms with van der Waals surface area (Å²) in [6.07, 6.45) is 6.57. The molecule has 0 spiro atoms. The molecular formula is C14H20BrNO2. The monoisotopic (exact) mass is 313 g/mol. The van der Waals surface area contributed by atoms with E-state index >= 15 is 0 Å². The Kier molecular flexibility index (Phi) is 4.41. The molecule has 0 aliphatic heterocycles. The molecule has 1 aliphatic rings. The van der Waals surface area contributed by atoms with E-state index in [2.05, 4.69) is 27.8 Å². The van der Waals surface area contributed by atoms with Crippen LogP contribution in [0, 0.1) is 5.92 Å². The third-order valence-corrected chi connectivity index (χ3v) is 4.38. The molecule has 1 aromatic heterocycles. The first kappa shape index (κ1) is 14.0. The van der Waals surface area contributed by atoms with Crippen LogP contribution in [0.4, 0.5) is 0 Å². The van der Waals surface area contributed by atoms with E-state index in [4.69, 9.17) is 0 Å². The van der Waals surface area contributed by atoms with Gasteiger partial charge in [-0.05, 0) is 59.2 Å². The molecule has 1 unspecified atom stereocenters. The molecule has 1 aromatic rings. The molecule has 3 nitrogen and oxygen atoms in total. The van der Waals surface area contributed by atoms with Crippen LogP contribution in [0.15, 0.2) is 22.9 Å². The maximum absolute atomic E-state index is 10.5. The van der Waals surface area contributed by atoms with Crippen molar-refractivity contribution in [3.05, 3.63) is 28.5 Å². The van der Waals surface area contributed by atoms with E-state index in [1.165, 1.54) is 0 Å². The fraction of sp³-hybridized carbons (Fsp3) is 0.643. The second-order valence-corrected chi connectivity index (χ2v) is 6.43. The lowest BCUT2D eigenvalue weighted by Crippen LogP contribution is -2.46. The number of aliphatic hydroxyl groups is 2. The summed E-state index contributed by atoms with van der Waals surface area (Å²) in [7, 11) is 0. The van der Waals surface area contributed by atoms with Crippen LogP contribution >= 0.6 is 15.9 Å². The number of hydrogen-bond acceptors (Lipinski definition) is 3. The van der Waals surface area contributed by atoms with Crippen molar-refractivity contribution < 1.29 is 10.2 Å². The van der Waals surface area contributed by atoms with Gasteiger partial charge in [-0.2, -0.15) is 0 Å². The summed E-state index contributed by atoms with van der Waals surface area (Å²) in [6, 6.07) is 1.94. The number of nitrogens with zero attached hydrogens (tertiary/aromatic N) is 1. The first-order chi connectivity index (χ1) is 8.49. The second-order valence-electron chi connectivity index (χ2n) is 5.52. The molecule has 4 heteroatoms. The normalized spacial score (nSPS) is 30.1. The predicted octanol–water partition coefficient (Wildman–Crippen LogP) is 2.69. The standard InChI is InChI=1S/C14H20BrNO2/c1-10-2-4-14(18,5-3-10)13(17)7-11-6-12(15)9-16-8-11/h6,8-10,13,17-18H,2-5,7H2,1H3. The molecule has 2 N–H and O–H groups in total. The maximum atomic E-state index is 10.5. The quantitative estimate of drug-likeness (QED) is 0.902. The first-order valence-electron chi connectivity index (χ1n) is 6.49. The van der Waals surface area contributed by atoms with E-state index in [1.54, 1.807) is 12.4 Å². The summed E-state index contributed by atoms with van der Waals surface area (Å²) in [6.45, 7) is 2.20. The molecule has 0 bridgehead atoms. The first-order valence-corrected chi connectivity index (χ1v) is 7.29. The van der Waals surface area contributed by atoms with Gasteiger partial charge in [-0.1, -0.05) is 6.92 Å². The van der Waals surface area contributed by atoms with Crippen LogP contribution in [-0.2, 0) is 6.42 Å². The average Bonchev–Trinajstić information content (AvgIpc) is 2.33. The van der Waals surface area contributed by atoms with Crippen LogP contribution in [0.3, 0.4) is 0 Å². The average molecular weight is 314 g/mol. The molecule has 1 heterocycles. The second kappa shape index (κ2) is 5.68. The minimum Gasteiger partial charge on any atom is -0.390 e.